The van der Waals surface area contributed by atoms with Gasteiger partial charge in [0.05, 0.1) is 13.2 Å². The lowest BCUT2D eigenvalue weighted by atomic mass is 9.87. The number of hydrogen-bond acceptors (Lipinski definition) is 2. The Bertz CT molecular complexity index is 661. The number of benzene rings is 2. The van der Waals surface area contributed by atoms with Crippen molar-refractivity contribution in [2.45, 2.75) is 25.0 Å². The molecule has 1 aliphatic heterocycles. The largest absolute Gasteiger partial charge is 0.347 e. The van der Waals surface area contributed by atoms with Gasteiger partial charge in [0.2, 0.25) is 0 Å². The standard InChI is InChI=1S/C18H18O2/c1-2-6-16-14(4-1)5-3-7-17(16)15-8-10-18(11-9-15)19-12-13-20-18/h1-8H,9-13H2. The van der Waals surface area contributed by atoms with Crippen molar-refractivity contribution in [1.29, 1.82) is 0 Å². The smallest absolute Gasteiger partial charge is 0.172 e. The molecule has 0 atom stereocenters. The van der Waals surface area contributed by atoms with E-state index in [1.165, 1.54) is 21.9 Å². The summed E-state index contributed by atoms with van der Waals surface area (Å²) in [7, 11) is 0. The average Bonchev–Trinajstić information content (AvgIpc) is 2.96. The van der Waals surface area contributed by atoms with Crippen molar-refractivity contribution in [2.75, 3.05) is 13.2 Å². The summed E-state index contributed by atoms with van der Waals surface area (Å²) in [5.41, 5.74) is 2.78. The highest BCUT2D eigenvalue weighted by Crippen LogP contribution is 2.39. The predicted octanol–water partition coefficient (Wildman–Crippen LogP) is 4.15. The molecule has 0 aromatic heterocycles. The molecule has 0 unspecified atom stereocenters. The third-order valence-corrected chi connectivity index (χ3v) is 4.38. The summed E-state index contributed by atoms with van der Waals surface area (Å²) in [6, 6.07) is 15.1. The molecule has 2 heteroatoms. The predicted molar refractivity (Wildman–Crippen MR) is 80.4 cm³/mol. The van der Waals surface area contributed by atoms with Crippen LogP contribution in [0.4, 0.5) is 0 Å². The average molecular weight is 266 g/mol. The maximum atomic E-state index is 5.79. The number of rotatable bonds is 1. The molecule has 2 aliphatic rings. The second kappa shape index (κ2) is 4.72. The Morgan fingerprint density at radius 3 is 2.50 bits per heavy atom. The van der Waals surface area contributed by atoms with Crippen molar-refractivity contribution in [2.24, 2.45) is 0 Å². The van der Waals surface area contributed by atoms with Gasteiger partial charge in [-0.15, -0.1) is 0 Å². The summed E-state index contributed by atoms with van der Waals surface area (Å²) in [5.74, 6) is -0.325. The van der Waals surface area contributed by atoms with Gasteiger partial charge in [0.25, 0.3) is 0 Å². The van der Waals surface area contributed by atoms with E-state index in [0.29, 0.717) is 0 Å². The fourth-order valence-corrected chi connectivity index (χ4v) is 3.32. The number of allylic oxidation sites excluding steroid dienone is 1. The molecule has 0 bridgehead atoms. The molecule has 0 saturated carbocycles. The van der Waals surface area contributed by atoms with Crippen molar-refractivity contribution in [3.63, 3.8) is 0 Å². The first-order valence-electron chi connectivity index (χ1n) is 7.31. The van der Waals surface area contributed by atoms with Crippen LogP contribution in [0.3, 0.4) is 0 Å². The molecule has 2 aromatic rings. The highest BCUT2D eigenvalue weighted by molar-refractivity contribution is 5.94. The van der Waals surface area contributed by atoms with Gasteiger partial charge in [-0.1, -0.05) is 48.5 Å². The van der Waals surface area contributed by atoms with Gasteiger partial charge in [-0.3, -0.25) is 0 Å². The minimum atomic E-state index is -0.325. The maximum absolute atomic E-state index is 5.79. The Kier molecular flexibility index (Phi) is 2.86. The summed E-state index contributed by atoms with van der Waals surface area (Å²) in [6.07, 6.45) is 5.15. The maximum Gasteiger partial charge on any atom is 0.172 e. The summed E-state index contributed by atoms with van der Waals surface area (Å²) in [4.78, 5) is 0. The van der Waals surface area contributed by atoms with Crippen LogP contribution in [0.1, 0.15) is 24.8 Å². The Morgan fingerprint density at radius 2 is 1.70 bits per heavy atom. The summed E-state index contributed by atoms with van der Waals surface area (Å²) in [6.45, 7) is 1.47. The molecule has 20 heavy (non-hydrogen) atoms. The van der Waals surface area contributed by atoms with E-state index in [9.17, 15) is 0 Å². The molecule has 0 radical (unpaired) electrons. The summed E-state index contributed by atoms with van der Waals surface area (Å²) < 4.78 is 11.6. The Balaban J connectivity index is 1.72. The summed E-state index contributed by atoms with van der Waals surface area (Å²) in [5, 5.41) is 2.64. The summed E-state index contributed by atoms with van der Waals surface area (Å²) >= 11 is 0. The van der Waals surface area contributed by atoms with Crippen molar-refractivity contribution in [3.8, 4) is 0 Å². The van der Waals surface area contributed by atoms with Gasteiger partial charge in [0, 0.05) is 12.8 Å². The van der Waals surface area contributed by atoms with Gasteiger partial charge in [-0.2, -0.15) is 0 Å². The van der Waals surface area contributed by atoms with E-state index < -0.39 is 0 Å². The molecular formula is C18H18O2. The van der Waals surface area contributed by atoms with Crippen LogP contribution in [0.15, 0.2) is 48.5 Å². The van der Waals surface area contributed by atoms with Crippen LogP contribution in [-0.4, -0.2) is 19.0 Å². The Labute approximate surface area is 119 Å². The van der Waals surface area contributed by atoms with Crippen molar-refractivity contribution in [3.05, 3.63) is 54.1 Å². The SMILES string of the molecule is C1=C(c2cccc3ccccc23)CCC2(C1)OCCO2. The zero-order valence-electron chi connectivity index (χ0n) is 11.5. The van der Waals surface area contributed by atoms with Crippen LogP contribution in [0.5, 0.6) is 0 Å². The normalized spacial score (nSPS) is 21.3. The molecule has 2 aromatic carbocycles. The third kappa shape index (κ3) is 1.96. The van der Waals surface area contributed by atoms with E-state index in [0.717, 1.165) is 32.5 Å². The fraction of sp³-hybridized carbons (Fsp3) is 0.333. The van der Waals surface area contributed by atoms with Gasteiger partial charge in [0.15, 0.2) is 5.79 Å². The molecule has 1 fully saturated rings. The lowest BCUT2D eigenvalue weighted by molar-refractivity contribution is -0.159. The van der Waals surface area contributed by atoms with Gasteiger partial charge < -0.3 is 9.47 Å². The second-order valence-corrected chi connectivity index (χ2v) is 5.57. The van der Waals surface area contributed by atoms with E-state index in [-0.39, 0.29) is 5.79 Å². The highest BCUT2D eigenvalue weighted by Gasteiger charge is 2.37. The number of ether oxygens (including phenoxy) is 2. The third-order valence-electron chi connectivity index (χ3n) is 4.38. The zero-order chi connectivity index (χ0) is 13.4. The first kappa shape index (κ1) is 12.1. The van der Waals surface area contributed by atoms with Gasteiger partial charge in [-0.25, -0.2) is 0 Å². The number of fused-ring (bicyclic) bond motifs is 1. The molecule has 0 amide bonds. The van der Waals surface area contributed by atoms with Crippen LogP contribution < -0.4 is 0 Å². The van der Waals surface area contributed by atoms with Crippen molar-refractivity contribution in [1.82, 2.24) is 0 Å². The molecule has 1 heterocycles. The molecule has 4 rings (SSSR count). The monoisotopic (exact) mass is 266 g/mol. The van der Waals surface area contributed by atoms with Crippen molar-refractivity contribution >= 4 is 16.3 Å². The lowest BCUT2D eigenvalue weighted by Crippen LogP contribution is -2.31. The quantitative estimate of drug-likeness (QED) is 0.772. The van der Waals surface area contributed by atoms with Crippen LogP contribution >= 0.6 is 0 Å². The van der Waals surface area contributed by atoms with E-state index in [1.54, 1.807) is 0 Å². The van der Waals surface area contributed by atoms with Crippen LogP contribution in [0.25, 0.3) is 16.3 Å². The Morgan fingerprint density at radius 1 is 0.900 bits per heavy atom. The van der Waals surface area contributed by atoms with Crippen LogP contribution in [-0.2, 0) is 9.47 Å². The van der Waals surface area contributed by atoms with Crippen LogP contribution in [0.2, 0.25) is 0 Å². The molecule has 1 saturated heterocycles. The first-order chi connectivity index (χ1) is 9.86. The first-order valence-corrected chi connectivity index (χ1v) is 7.31. The molecule has 0 N–H and O–H groups in total. The van der Waals surface area contributed by atoms with E-state index in [1.807, 2.05) is 0 Å². The topological polar surface area (TPSA) is 18.5 Å². The van der Waals surface area contributed by atoms with Gasteiger partial charge in [-0.05, 0) is 28.3 Å². The minimum Gasteiger partial charge on any atom is -0.347 e. The molecule has 2 nitrogen and oxygen atoms in total. The highest BCUT2D eigenvalue weighted by atomic mass is 16.7. The van der Waals surface area contributed by atoms with Crippen molar-refractivity contribution < 1.29 is 9.47 Å². The fourth-order valence-electron chi connectivity index (χ4n) is 3.32. The minimum absolute atomic E-state index is 0.325. The van der Waals surface area contributed by atoms with E-state index in [2.05, 4.69) is 48.5 Å². The molecule has 102 valence electrons. The van der Waals surface area contributed by atoms with Gasteiger partial charge in [0.1, 0.15) is 0 Å². The zero-order valence-corrected chi connectivity index (χ0v) is 11.5. The van der Waals surface area contributed by atoms with Crippen LogP contribution in [0, 0.1) is 0 Å². The van der Waals surface area contributed by atoms with E-state index in [4.69, 9.17) is 9.47 Å². The Hall–Kier alpha value is -1.64. The molecule has 1 aliphatic carbocycles. The van der Waals surface area contributed by atoms with E-state index >= 15 is 0 Å². The number of hydrogen-bond donors (Lipinski definition) is 0. The van der Waals surface area contributed by atoms with Gasteiger partial charge >= 0.3 is 0 Å². The molecular weight excluding hydrogens is 248 g/mol. The molecule has 1 spiro atoms. The lowest BCUT2D eigenvalue weighted by Gasteiger charge is -2.31. The second-order valence-electron chi connectivity index (χ2n) is 5.57.